The molecule has 150 valence electrons. The van der Waals surface area contributed by atoms with Crippen LogP contribution >= 0.6 is 0 Å². The number of sulfonamides is 1. The molecule has 0 spiro atoms. The van der Waals surface area contributed by atoms with Gasteiger partial charge in [0.05, 0.1) is 6.26 Å². The van der Waals surface area contributed by atoms with Gasteiger partial charge in [0.15, 0.2) is 11.9 Å². The molecular weight excluding hydrogens is 378 g/mol. The van der Waals surface area contributed by atoms with Crippen LogP contribution in [0.4, 0.5) is 0 Å². The van der Waals surface area contributed by atoms with Gasteiger partial charge in [0.25, 0.3) is 5.88 Å². The van der Waals surface area contributed by atoms with Crippen molar-refractivity contribution < 1.29 is 17.9 Å². The maximum absolute atomic E-state index is 12.1. The lowest BCUT2D eigenvalue weighted by molar-refractivity contribution is 0.0851. The van der Waals surface area contributed by atoms with Crippen molar-refractivity contribution in [2.75, 3.05) is 19.4 Å². The van der Waals surface area contributed by atoms with Crippen molar-refractivity contribution in [3.63, 3.8) is 0 Å². The maximum atomic E-state index is 12.1. The second-order valence-corrected chi connectivity index (χ2v) is 9.42. The first kappa shape index (κ1) is 19.2. The van der Waals surface area contributed by atoms with E-state index in [-0.39, 0.29) is 18.2 Å². The number of fused-ring (bicyclic) bond motifs is 1. The Morgan fingerprint density at radius 3 is 2.79 bits per heavy atom. The van der Waals surface area contributed by atoms with Crippen LogP contribution in [0.3, 0.4) is 0 Å². The van der Waals surface area contributed by atoms with E-state index >= 15 is 0 Å². The Labute approximate surface area is 165 Å². The summed E-state index contributed by atoms with van der Waals surface area (Å²) >= 11 is 0. The molecule has 2 aliphatic rings. The lowest BCUT2D eigenvalue weighted by atomic mass is 9.94. The highest BCUT2D eigenvalue weighted by molar-refractivity contribution is 7.88. The Bertz CT molecular complexity index is 933. The van der Waals surface area contributed by atoms with Gasteiger partial charge < -0.3 is 15.2 Å². The van der Waals surface area contributed by atoms with Crippen LogP contribution in [0.5, 0.6) is 11.6 Å². The lowest BCUT2D eigenvalue weighted by Crippen LogP contribution is -2.50. The first-order chi connectivity index (χ1) is 13.4. The van der Waals surface area contributed by atoms with Gasteiger partial charge in [-0.15, -0.1) is 0 Å². The molecule has 4 rings (SSSR count). The third kappa shape index (κ3) is 4.14. The number of rotatable bonds is 4. The van der Waals surface area contributed by atoms with E-state index in [1.807, 2.05) is 36.4 Å². The van der Waals surface area contributed by atoms with E-state index in [1.54, 1.807) is 10.5 Å². The number of piperidine rings is 1. The summed E-state index contributed by atoms with van der Waals surface area (Å²) < 4.78 is 37.5. The molecule has 0 bridgehead atoms. The molecule has 1 saturated heterocycles. The van der Waals surface area contributed by atoms with Crippen molar-refractivity contribution in [3.05, 3.63) is 53.7 Å². The van der Waals surface area contributed by atoms with Crippen LogP contribution < -0.4 is 15.2 Å². The molecule has 28 heavy (non-hydrogen) atoms. The minimum Gasteiger partial charge on any atom is -0.484 e. The van der Waals surface area contributed by atoms with E-state index in [1.165, 1.54) is 6.26 Å². The fourth-order valence-corrected chi connectivity index (χ4v) is 5.03. The number of aromatic nitrogens is 1. The van der Waals surface area contributed by atoms with Crippen molar-refractivity contribution in [1.82, 2.24) is 9.29 Å². The number of hydrogen-bond acceptors (Lipinski definition) is 6. The van der Waals surface area contributed by atoms with Crippen molar-refractivity contribution in [1.29, 1.82) is 0 Å². The Morgan fingerprint density at radius 1 is 1.25 bits per heavy atom. The predicted octanol–water partition coefficient (Wildman–Crippen LogP) is 1.89. The van der Waals surface area contributed by atoms with Gasteiger partial charge in [-0.2, -0.15) is 4.31 Å². The normalized spacial score (nSPS) is 25.4. The van der Waals surface area contributed by atoms with Gasteiger partial charge in [0.1, 0.15) is 6.61 Å². The van der Waals surface area contributed by atoms with Crippen LogP contribution in [0.1, 0.15) is 30.1 Å². The van der Waals surface area contributed by atoms with Gasteiger partial charge in [-0.25, -0.2) is 13.4 Å². The molecule has 0 amide bonds. The van der Waals surface area contributed by atoms with Gasteiger partial charge in [0, 0.05) is 24.8 Å². The summed E-state index contributed by atoms with van der Waals surface area (Å²) in [6.07, 6.45) is 4.76. The van der Waals surface area contributed by atoms with Crippen molar-refractivity contribution in [3.8, 4) is 11.6 Å². The molecular formula is C20H25N3O4S. The molecule has 3 atom stereocenters. The molecule has 0 aliphatic carbocycles. The first-order valence-electron chi connectivity index (χ1n) is 9.46. The average Bonchev–Trinajstić information content (AvgIpc) is 2.67. The average molecular weight is 404 g/mol. The molecule has 7 nitrogen and oxygen atoms in total. The van der Waals surface area contributed by atoms with Crippen LogP contribution in [-0.4, -0.2) is 49.2 Å². The minimum absolute atomic E-state index is 0.0441. The standard InChI is InChI=1S/C20H25N3O4S/c1-28(24,25)23-10-8-16(21)12-17(23)11-14-4-6-15(7-5-14)19-13-26-18-3-2-9-22-20(18)27-19/h2-7,9,16-17,19H,8,10-13,21H2,1H3/t16?,17?,19-/m1/s1. The molecule has 1 aromatic carbocycles. The quantitative estimate of drug-likeness (QED) is 0.838. The zero-order valence-corrected chi connectivity index (χ0v) is 16.6. The Morgan fingerprint density at radius 2 is 2.04 bits per heavy atom. The van der Waals surface area contributed by atoms with Gasteiger partial charge in [0.2, 0.25) is 10.0 Å². The zero-order valence-electron chi connectivity index (χ0n) is 15.8. The summed E-state index contributed by atoms with van der Waals surface area (Å²) in [5.41, 5.74) is 8.16. The van der Waals surface area contributed by atoms with E-state index in [9.17, 15) is 8.42 Å². The summed E-state index contributed by atoms with van der Waals surface area (Å²) in [6, 6.07) is 11.6. The van der Waals surface area contributed by atoms with Crippen molar-refractivity contribution in [2.24, 2.45) is 5.73 Å². The highest BCUT2D eigenvalue weighted by atomic mass is 32.2. The molecule has 2 aromatic rings. The molecule has 1 aromatic heterocycles. The monoisotopic (exact) mass is 403 g/mol. The minimum atomic E-state index is -3.24. The second kappa shape index (κ2) is 7.69. The maximum Gasteiger partial charge on any atom is 0.257 e. The van der Waals surface area contributed by atoms with Gasteiger partial charge in [-0.05, 0) is 42.5 Å². The lowest BCUT2D eigenvalue weighted by Gasteiger charge is -2.36. The molecule has 8 heteroatoms. The molecule has 3 heterocycles. The Hall–Kier alpha value is -2.16. The fraction of sp³-hybridized carbons (Fsp3) is 0.450. The summed E-state index contributed by atoms with van der Waals surface area (Å²) in [5.74, 6) is 1.16. The summed E-state index contributed by atoms with van der Waals surface area (Å²) in [5, 5.41) is 0. The second-order valence-electron chi connectivity index (χ2n) is 7.48. The summed E-state index contributed by atoms with van der Waals surface area (Å²) in [7, 11) is -3.24. The van der Waals surface area contributed by atoms with Crippen LogP contribution in [0, 0.1) is 0 Å². The highest BCUT2D eigenvalue weighted by Crippen LogP contribution is 2.34. The number of pyridine rings is 1. The molecule has 0 radical (unpaired) electrons. The van der Waals surface area contributed by atoms with Crippen LogP contribution in [-0.2, 0) is 16.4 Å². The largest absolute Gasteiger partial charge is 0.484 e. The Kier molecular flexibility index (Phi) is 5.27. The SMILES string of the molecule is CS(=O)(=O)N1CCC(N)CC1Cc1ccc([C@H]2COc3cccnc3O2)cc1. The number of hydrogen-bond donors (Lipinski definition) is 1. The molecule has 2 N–H and O–H groups in total. The van der Waals surface area contributed by atoms with Crippen molar-refractivity contribution in [2.45, 2.75) is 37.5 Å². The van der Waals surface area contributed by atoms with Gasteiger partial charge >= 0.3 is 0 Å². The number of ether oxygens (including phenoxy) is 2. The third-order valence-electron chi connectivity index (χ3n) is 5.33. The van der Waals surface area contributed by atoms with Crippen LogP contribution in [0.15, 0.2) is 42.6 Å². The first-order valence-corrected chi connectivity index (χ1v) is 11.3. The van der Waals surface area contributed by atoms with Gasteiger partial charge in [-0.3, -0.25) is 0 Å². The van der Waals surface area contributed by atoms with E-state index < -0.39 is 10.0 Å². The molecule has 1 fully saturated rings. The topological polar surface area (TPSA) is 94.8 Å². The Balaban J connectivity index is 1.46. The third-order valence-corrected chi connectivity index (χ3v) is 6.66. The molecule has 2 aliphatic heterocycles. The summed E-state index contributed by atoms with van der Waals surface area (Å²) in [4.78, 5) is 4.21. The van der Waals surface area contributed by atoms with E-state index in [0.717, 1.165) is 11.1 Å². The number of nitrogens with two attached hydrogens (primary N) is 1. The number of benzene rings is 1. The molecule has 0 saturated carbocycles. The predicted molar refractivity (Wildman–Crippen MR) is 106 cm³/mol. The smallest absolute Gasteiger partial charge is 0.257 e. The zero-order chi connectivity index (χ0) is 19.7. The van der Waals surface area contributed by atoms with Crippen LogP contribution in [0.2, 0.25) is 0 Å². The van der Waals surface area contributed by atoms with Gasteiger partial charge in [-0.1, -0.05) is 24.3 Å². The van der Waals surface area contributed by atoms with E-state index in [0.29, 0.717) is 44.0 Å². The fourth-order valence-electron chi connectivity index (χ4n) is 3.90. The van der Waals surface area contributed by atoms with Crippen LogP contribution in [0.25, 0.3) is 0 Å². The number of nitrogens with zero attached hydrogens (tertiary/aromatic N) is 2. The highest BCUT2D eigenvalue weighted by Gasteiger charge is 2.32. The van der Waals surface area contributed by atoms with Crippen molar-refractivity contribution >= 4 is 10.0 Å². The summed E-state index contributed by atoms with van der Waals surface area (Å²) in [6.45, 7) is 0.916. The van der Waals surface area contributed by atoms with E-state index in [4.69, 9.17) is 15.2 Å². The molecule has 2 unspecified atom stereocenters. The van der Waals surface area contributed by atoms with E-state index in [2.05, 4.69) is 4.98 Å².